The molecule has 0 fully saturated rings. The van der Waals surface area contributed by atoms with E-state index in [4.69, 9.17) is 21.7 Å². The number of H-pyrrole nitrogens is 1. The van der Waals surface area contributed by atoms with Gasteiger partial charge in [0.1, 0.15) is 11.6 Å². The Bertz CT molecular complexity index is 1080. The lowest BCUT2D eigenvalue weighted by Crippen LogP contribution is -2.13. The van der Waals surface area contributed by atoms with E-state index in [1.165, 1.54) is 18.2 Å². The van der Waals surface area contributed by atoms with Gasteiger partial charge < -0.3 is 10.1 Å². The molecule has 0 spiro atoms. The molecule has 0 bridgehead atoms. The van der Waals surface area contributed by atoms with Crippen molar-refractivity contribution in [3.63, 3.8) is 0 Å². The fourth-order valence-electron chi connectivity index (χ4n) is 2.49. The van der Waals surface area contributed by atoms with Crippen LogP contribution in [0.15, 0.2) is 41.2 Å². The number of rotatable bonds is 5. The maximum Gasteiger partial charge on any atom is 0.267 e. The van der Waals surface area contributed by atoms with Crippen LogP contribution in [0.2, 0.25) is 5.02 Å². The molecule has 0 unspecified atom stereocenters. The van der Waals surface area contributed by atoms with E-state index >= 15 is 0 Å². The summed E-state index contributed by atoms with van der Waals surface area (Å²) < 4.78 is 34.0. The van der Waals surface area contributed by atoms with Gasteiger partial charge in [0.05, 0.1) is 10.7 Å². The summed E-state index contributed by atoms with van der Waals surface area (Å²) in [5.74, 6) is -1.57. The molecule has 27 heavy (non-hydrogen) atoms. The number of aromatic nitrogens is 2. The number of aromatic amines is 1. The van der Waals surface area contributed by atoms with E-state index in [-0.39, 0.29) is 39.6 Å². The van der Waals surface area contributed by atoms with Gasteiger partial charge in [-0.1, -0.05) is 17.7 Å². The summed E-state index contributed by atoms with van der Waals surface area (Å²) in [5, 5.41) is 13.5. The molecule has 138 valence electrons. The summed E-state index contributed by atoms with van der Waals surface area (Å²) in [6, 6.07) is 8.13. The third-order valence-corrected chi connectivity index (χ3v) is 4.12. The standard InChI is InChI=1S/C19H14ClF2N3O2/c1-10-4-14(24-25-19(10)26)7-12-2-3-16(20)18(17(12)22)27-15-6-11(9-23)5-13(21)8-15/h2-6,8-9,23H,7H2,1H3,(H,25,26). The number of nitrogens with zero attached hydrogens (tertiary/aromatic N) is 1. The number of hydrogen-bond donors (Lipinski definition) is 2. The van der Waals surface area contributed by atoms with Gasteiger partial charge in [0.25, 0.3) is 5.56 Å². The smallest absolute Gasteiger partial charge is 0.267 e. The number of nitrogens with one attached hydrogen (secondary N) is 2. The number of ether oxygens (including phenoxy) is 1. The zero-order valence-electron chi connectivity index (χ0n) is 14.1. The first-order chi connectivity index (χ1) is 12.9. The van der Waals surface area contributed by atoms with E-state index in [1.807, 2.05) is 0 Å². The molecular formula is C19H14ClF2N3O2. The van der Waals surface area contributed by atoms with Crippen molar-refractivity contribution in [1.29, 1.82) is 5.41 Å². The molecule has 5 nitrogen and oxygen atoms in total. The normalized spacial score (nSPS) is 10.7. The Morgan fingerprint density at radius 2 is 2.04 bits per heavy atom. The number of benzene rings is 2. The van der Waals surface area contributed by atoms with Crippen molar-refractivity contribution in [1.82, 2.24) is 10.2 Å². The van der Waals surface area contributed by atoms with E-state index in [9.17, 15) is 13.6 Å². The number of hydrogen-bond acceptors (Lipinski definition) is 4. The maximum atomic E-state index is 14.9. The Labute approximate surface area is 158 Å². The molecule has 0 saturated carbocycles. The van der Waals surface area contributed by atoms with E-state index in [1.54, 1.807) is 13.0 Å². The zero-order chi connectivity index (χ0) is 19.6. The van der Waals surface area contributed by atoms with Crippen LogP contribution in [0.1, 0.15) is 22.4 Å². The van der Waals surface area contributed by atoms with Crippen LogP contribution < -0.4 is 10.3 Å². The molecule has 8 heteroatoms. The summed E-state index contributed by atoms with van der Waals surface area (Å²) in [5.41, 5.74) is 1.14. The Hall–Kier alpha value is -3.06. The van der Waals surface area contributed by atoms with Crippen LogP contribution in [0, 0.1) is 24.0 Å². The van der Waals surface area contributed by atoms with Crippen LogP contribution in [0.5, 0.6) is 11.5 Å². The molecule has 1 aromatic heterocycles. The van der Waals surface area contributed by atoms with Crippen molar-refractivity contribution in [2.45, 2.75) is 13.3 Å². The van der Waals surface area contributed by atoms with E-state index < -0.39 is 11.6 Å². The molecule has 3 rings (SSSR count). The lowest BCUT2D eigenvalue weighted by atomic mass is 10.1. The molecule has 2 aromatic carbocycles. The Kier molecular flexibility index (Phi) is 5.32. The average Bonchev–Trinajstić information content (AvgIpc) is 2.63. The van der Waals surface area contributed by atoms with Gasteiger partial charge in [0.2, 0.25) is 0 Å². The number of halogens is 3. The van der Waals surface area contributed by atoms with E-state index in [0.29, 0.717) is 11.3 Å². The molecule has 0 amide bonds. The third kappa shape index (κ3) is 4.20. The average molecular weight is 390 g/mol. The third-order valence-electron chi connectivity index (χ3n) is 3.82. The Morgan fingerprint density at radius 1 is 1.26 bits per heavy atom. The molecule has 0 aliphatic rings. The minimum absolute atomic E-state index is 0.0162. The van der Waals surface area contributed by atoms with Crippen molar-refractivity contribution in [2.75, 3.05) is 0 Å². The summed E-state index contributed by atoms with van der Waals surface area (Å²) in [4.78, 5) is 11.4. The first kappa shape index (κ1) is 18.7. The quantitative estimate of drug-likeness (QED) is 0.635. The Morgan fingerprint density at radius 3 is 2.74 bits per heavy atom. The second kappa shape index (κ2) is 7.67. The first-order valence-corrected chi connectivity index (χ1v) is 8.26. The van der Waals surface area contributed by atoms with Crippen molar-refractivity contribution in [3.8, 4) is 11.5 Å². The van der Waals surface area contributed by atoms with Crippen molar-refractivity contribution >= 4 is 17.8 Å². The second-order valence-electron chi connectivity index (χ2n) is 5.86. The molecule has 1 heterocycles. The predicted octanol–water partition coefficient (Wildman–Crippen LogP) is 4.39. The zero-order valence-corrected chi connectivity index (χ0v) is 14.9. The van der Waals surface area contributed by atoms with Crippen LogP contribution in [0.3, 0.4) is 0 Å². The molecular weight excluding hydrogens is 376 g/mol. The number of aryl methyl sites for hydroxylation is 1. The molecule has 3 aromatic rings. The van der Waals surface area contributed by atoms with Crippen LogP contribution in [-0.2, 0) is 6.42 Å². The second-order valence-corrected chi connectivity index (χ2v) is 6.27. The van der Waals surface area contributed by atoms with Gasteiger partial charge in [0, 0.05) is 24.3 Å². The van der Waals surface area contributed by atoms with Crippen LogP contribution in [-0.4, -0.2) is 16.4 Å². The fraction of sp³-hybridized carbons (Fsp3) is 0.105. The monoisotopic (exact) mass is 389 g/mol. The lowest BCUT2D eigenvalue weighted by molar-refractivity contribution is 0.436. The maximum absolute atomic E-state index is 14.9. The lowest BCUT2D eigenvalue weighted by Gasteiger charge is -2.12. The fourth-order valence-corrected chi connectivity index (χ4v) is 2.68. The van der Waals surface area contributed by atoms with E-state index in [2.05, 4.69) is 10.2 Å². The highest BCUT2D eigenvalue weighted by atomic mass is 35.5. The molecule has 0 aliphatic carbocycles. The van der Waals surface area contributed by atoms with Gasteiger partial charge >= 0.3 is 0 Å². The first-order valence-electron chi connectivity index (χ1n) is 7.88. The Balaban J connectivity index is 1.96. The highest BCUT2D eigenvalue weighted by Crippen LogP contribution is 2.35. The summed E-state index contributed by atoms with van der Waals surface area (Å²) in [6.07, 6.45) is 1.06. The van der Waals surface area contributed by atoms with Gasteiger partial charge in [-0.05, 0) is 42.3 Å². The molecule has 2 N–H and O–H groups in total. The van der Waals surface area contributed by atoms with Gasteiger partial charge in [-0.3, -0.25) is 4.79 Å². The predicted molar refractivity (Wildman–Crippen MR) is 98.2 cm³/mol. The van der Waals surface area contributed by atoms with E-state index in [0.717, 1.165) is 18.3 Å². The largest absolute Gasteiger partial charge is 0.453 e. The molecule has 0 saturated heterocycles. The topological polar surface area (TPSA) is 78.8 Å². The van der Waals surface area contributed by atoms with Crippen molar-refractivity contribution in [3.05, 3.63) is 85.8 Å². The molecule has 0 aliphatic heterocycles. The SMILES string of the molecule is Cc1cc(Cc2ccc(Cl)c(Oc3cc(F)cc(C=N)c3)c2F)n[nH]c1=O. The van der Waals surface area contributed by atoms with Crippen LogP contribution in [0.4, 0.5) is 8.78 Å². The summed E-state index contributed by atoms with van der Waals surface area (Å²) in [7, 11) is 0. The van der Waals surface area contributed by atoms with Gasteiger partial charge in [-0.2, -0.15) is 5.10 Å². The highest BCUT2D eigenvalue weighted by molar-refractivity contribution is 6.32. The van der Waals surface area contributed by atoms with Crippen LogP contribution >= 0.6 is 11.6 Å². The van der Waals surface area contributed by atoms with Gasteiger partial charge in [-0.25, -0.2) is 13.9 Å². The van der Waals surface area contributed by atoms with Gasteiger partial charge in [0.15, 0.2) is 11.6 Å². The summed E-state index contributed by atoms with van der Waals surface area (Å²) in [6.45, 7) is 1.63. The highest BCUT2D eigenvalue weighted by Gasteiger charge is 2.16. The molecule has 0 atom stereocenters. The summed E-state index contributed by atoms with van der Waals surface area (Å²) >= 11 is 6.05. The minimum atomic E-state index is -0.714. The van der Waals surface area contributed by atoms with Crippen LogP contribution in [0.25, 0.3) is 0 Å². The molecule has 0 radical (unpaired) electrons. The van der Waals surface area contributed by atoms with Crippen molar-refractivity contribution < 1.29 is 13.5 Å². The minimum Gasteiger partial charge on any atom is -0.453 e. The van der Waals surface area contributed by atoms with Gasteiger partial charge in [-0.15, -0.1) is 0 Å². The van der Waals surface area contributed by atoms with Crippen molar-refractivity contribution in [2.24, 2.45) is 0 Å².